The highest BCUT2D eigenvalue weighted by Crippen LogP contribution is 2.25. The Morgan fingerprint density at radius 3 is 2.58 bits per heavy atom. The summed E-state index contributed by atoms with van der Waals surface area (Å²) in [6, 6.07) is 9.35. The van der Waals surface area contributed by atoms with E-state index in [0.717, 1.165) is 17.3 Å². The summed E-state index contributed by atoms with van der Waals surface area (Å²) in [5, 5.41) is 4.57. The summed E-state index contributed by atoms with van der Waals surface area (Å²) in [5.41, 5.74) is 1.34. The zero-order valence-corrected chi connectivity index (χ0v) is 13.3. The number of nitrogens with one attached hydrogen (secondary N) is 1. The van der Waals surface area contributed by atoms with E-state index < -0.39 is 0 Å². The number of rotatable bonds is 6. The Bertz CT molecular complexity index is 503. The maximum absolute atomic E-state index is 4.28. The summed E-state index contributed by atoms with van der Waals surface area (Å²) in [5.74, 6) is 1.01. The molecule has 1 aromatic heterocycles. The minimum absolute atomic E-state index is 0.531. The number of aryl methyl sites for hydroxylation is 1. The SMILES string of the molecule is Cc1ncc(CSc2ccc(CNC(C)C)cc2)s1. The van der Waals surface area contributed by atoms with Crippen LogP contribution in [0, 0.1) is 6.92 Å². The normalized spacial score (nSPS) is 11.2. The Morgan fingerprint density at radius 2 is 2.00 bits per heavy atom. The molecule has 0 aliphatic heterocycles. The molecule has 0 radical (unpaired) electrons. The highest BCUT2D eigenvalue weighted by molar-refractivity contribution is 7.98. The lowest BCUT2D eigenvalue weighted by molar-refractivity contribution is 0.588. The maximum atomic E-state index is 4.28. The molecular formula is C15H20N2S2. The predicted molar refractivity (Wildman–Crippen MR) is 84.8 cm³/mol. The largest absolute Gasteiger partial charge is 0.310 e. The van der Waals surface area contributed by atoms with Crippen molar-refractivity contribution in [3.05, 3.63) is 45.9 Å². The van der Waals surface area contributed by atoms with Crippen molar-refractivity contribution >= 4 is 23.1 Å². The molecule has 0 aliphatic rings. The quantitative estimate of drug-likeness (QED) is 0.806. The van der Waals surface area contributed by atoms with Gasteiger partial charge in [-0.15, -0.1) is 23.1 Å². The van der Waals surface area contributed by atoms with E-state index >= 15 is 0 Å². The lowest BCUT2D eigenvalue weighted by Gasteiger charge is -2.08. The summed E-state index contributed by atoms with van der Waals surface area (Å²) >= 11 is 3.65. The van der Waals surface area contributed by atoms with Crippen molar-refractivity contribution < 1.29 is 0 Å². The van der Waals surface area contributed by atoms with E-state index in [2.05, 4.69) is 55.3 Å². The second-order valence-electron chi connectivity index (χ2n) is 4.81. The number of hydrogen-bond acceptors (Lipinski definition) is 4. The topological polar surface area (TPSA) is 24.9 Å². The van der Waals surface area contributed by atoms with Crippen molar-refractivity contribution in [2.45, 2.75) is 44.0 Å². The van der Waals surface area contributed by atoms with E-state index in [1.807, 2.05) is 18.0 Å². The molecule has 102 valence electrons. The lowest BCUT2D eigenvalue weighted by Crippen LogP contribution is -2.21. The van der Waals surface area contributed by atoms with Gasteiger partial charge in [0.05, 0.1) is 5.01 Å². The van der Waals surface area contributed by atoms with Crippen molar-refractivity contribution in [2.24, 2.45) is 0 Å². The molecule has 2 aromatic rings. The van der Waals surface area contributed by atoms with Crippen LogP contribution in [0.1, 0.15) is 29.3 Å². The summed E-state index contributed by atoms with van der Waals surface area (Å²) in [7, 11) is 0. The van der Waals surface area contributed by atoms with Gasteiger partial charge in [0.2, 0.25) is 0 Å². The van der Waals surface area contributed by atoms with E-state index in [-0.39, 0.29) is 0 Å². The molecule has 4 heteroatoms. The van der Waals surface area contributed by atoms with Crippen LogP contribution >= 0.6 is 23.1 Å². The maximum Gasteiger partial charge on any atom is 0.0897 e. The van der Waals surface area contributed by atoms with E-state index in [1.165, 1.54) is 15.3 Å². The van der Waals surface area contributed by atoms with Crippen LogP contribution in [-0.4, -0.2) is 11.0 Å². The van der Waals surface area contributed by atoms with E-state index in [0.29, 0.717) is 6.04 Å². The van der Waals surface area contributed by atoms with Crippen LogP contribution in [0.4, 0.5) is 0 Å². The minimum Gasteiger partial charge on any atom is -0.310 e. The van der Waals surface area contributed by atoms with Crippen LogP contribution in [0.2, 0.25) is 0 Å². The fraction of sp³-hybridized carbons (Fsp3) is 0.400. The first-order valence-electron chi connectivity index (χ1n) is 6.50. The Morgan fingerprint density at radius 1 is 1.26 bits per heavy atom. The molecule has 2 nitrogen and oxygen atoms in total. The summed E-state index contributed by atoms with van der Waals surface area (Å²) in [6.45, 7) is 7.33. The molecule has 0 spiro atoms. The standard InChI is InChI=1S/C15H20N2S2/c1-11(2)16-8-13-4-6-14(7-5-13)18-10-15-9-17-12(3)19-15/h4-7,9,11,16H,8,10H2,1-3H3. The summed E-state index contributed by atoms with van der Waals surface area (Å²) in [6.07, 6.45) is 1.98. The molecular weight excluding hydrogens is 272 g/mol. The number of nitrogens with zero attached hydrogens (tertiary/aromatic N) is 1. The van der Waals surface area contributed by atoms with Crippen LogP contribution in [0.25, 0.3) is 0 Å². The van der Waals surface area contributed by atoms with Gasteiger partial charge in [-0.05, 0) is 24.6 Å². The van der Waals surface area contributed by atoms with Crippen molar-refractivity contribution in [2.75, 3.05) is 0 Å². The van der Waals surface area contributed by atoms with Crippen LogP contribution in [0.5, 0.6) is 0 Å². The number of benzene rings is 1. The van der Waals surface area contributed by atoms with Crippen molar-refractivity contribution in [1.29, 1.82) is 0 Å². The Kier molecular flexibility index (Phi) is 5.43. The highest BCUT2D eigenvalue weighted by Gasteiger charge is 2.01. The molecule has 0 bridgehead atoms. The number of thioether (sulfide) groups is 1. The molecule has 0 unspecified atom stereocenters. The molecule has 0 aliphatic carbocycles. The van der Waals surface area contributed by atoms with E-state index in [1.54, 1.807) is 11.3 Å². The third-order valence-electron chi connectivity index (χ3n) is 2.69. The van der Waals surface area contributed by atoms with E-state index in [9.17, 15) is 0 Å². The van der Waals surface area contributed by atoms with Gasteiger partial charge >= 0.3 is 0 Å². The van der Waals surface area contributed by atoms with Gasteiger partial charge in [0, 0.05) is 34.3 Å². The molecule has 0 saturated carbocycles. The van der Waals surface area contributed by atoms with Crippen molar-refractivity contribution in [1.82, 2.24) is 10.3 Å². The van der Waals surface area contributed by atoms with Gasteiger partial charge in [-0.25, -0.2) is 4.98 Å². The number of hydrogen-bond donors (Lipinski definition) is 1. The molecule has 1 aromatic carbocycles. The lowest BCUT2D eigenvalue weighted by atomic mass is 10.2. The molecule has 0 fully saturated rings. The van der Waals surface area contributed by atoms with Gasteiger partial charge in [0.25, 0.3) is 0 Å². The molecule has 2 rings (SSSR count). The van der Waals surface area contributed by atoms with Gasteiger partial charge < -0.3 is 5.32 Å². The Labute approximate surface area is 123 Å². The summed E-state index contributed by atoms with van der Waals surface area (Å²) in [4.78, 5) is 6.94. The third-order valence-corrected chi connectivity index (χ3v) is 4.84. The molecule has 1 heterocycles. The van der Waals surface area contributed by atoms with Gasteiger partial charge in [0.15, 0.2) is 0 Å². The molecule has 1 N–H and O–H groups in total. The van der Waals surface area contributed by atoms with Crippen molar-refractivity contribution in [3.8, 4) is 0 Å². The monoisotopic (exact) mass is 292 g/mol. The Balaban J connectivity index is 1.84. The van der Waals surface area contributed by atoms with Gasteiger partial charge in [-0.1, -0.05) is 26.0 Å². The average Bonchev–Trinajstić information content (AvgIpc) is 2.81. The fourth-order valence-corrected chi connectivity index (χ4v) is 3.37. The minimum atomic E-state index is 0.531. The van der Waals surface area contributed by atoms with Crippen LogP contribution in [-0.2, 0) is 12.3 Å². The van der Waals surface area contributed by atoms with Crippen molar-refractivity contribution in [3.63, 3.8) is 0 Å². The third kappa shape index (κ3) is 4.97. The molecule has 0 saturated heterocycles. The van der Waals surface area contributed by atoms with Crippen LogP contribution in [0.3, 0.4) is 0 Å². The second kappa shape index (κ2) is 7.08. The Hall–Kier alpha value is -0.840. The van der Waals surface area contributed by atoms with Gasteiger partial charge in [-0.3, -0.25) is 0 Å². The predicted octanol–water partition coefficient (Wildman–Crippen LogP) is 4.24. The van der Waals surface area contributed by atoms with Gasteiger partial charge in [-0.2, -0.15) is 0 Å². The first-order chi connectivity index (χ1) is 9.13. The van der Waals surface area contributed by atoms with Gasteiger partial charge in [0.1, 0.15) is 0 Å². The molecule has 19 heavy (non-hydrogen) atoms. The number of thiazole rings is 1. The van der Waals surface area contributed by atoms with E-state index in [4.69, 9.17) is 0 Å². The fourth-order valence-electron chi connectivity index (χ4n) is 1.65. The number of aromatic nitrogens is 1. The first kappa shape index (κ1) is 14.6. The smallest absolute Gasteiger partial charge is 0.0897 e. The zero-order valence-electron chi connectivity index (χ0n) is 11.6. The zero-order chi connectivity index (χ0) is 13.7. The second-order valence-corrected chi connectivity index (χ2v) is 7.18. The highest BCUT2D eigenvalue weighted by atomic mass is 32.2. The molecule has 0 atom stereocenters. The first-order valence-corrected chi connectivity index (χ1v) is 8.30. The average molecular weight is 292 g/mol. The molecule has 0 amide bonds. The summed E-state index contributed by atoms with van der Waals surface area (Å²) < 4.78 is 0. The van der Waals surface area contributed by atoms with Crippen LogP contribution in [0.15, 0.2) is 35.4 Å². The van der Waals surface area contributed by atoms with Crippen LogP contribution < -0.4 is 5.32 Å².